The van der Waals surface area contributed by atoms with E-state index < -0.39 is 40.3 Å². The van der Waals surface area contributed by atoms with Gasteiger partial charge >= 0.3 is 18.1 Å². The predicted octanol–water partition coefficient (Wildman–Crippen LogP) is 3.61. The number of carboxylic acid groups (broad SMARTS) is 2. The third-order valence-electron chi connectivity index (χ3n) is 6.20. The lowest BCUT2D eigenvalue weighted by atomic mass is 10.0. The molecule has 1 aliphatic rings. The fourth-order valence-corrected chi connectivity index (χ4v) is 5.93. The standard InChI is InChI=1S/C25H34N2O6S.C2HF3O2/c1-17(2)16-27(22-10-5-18(3)15-19(22)4)34(31,32)21-8-6-20(7-9-21)24(28)23(25(29)30)26-11-13-33-14-12-26;3-2(4,5)1(6)7/h5-10,15,17,23-24,28H,11-14,16H2,1-4H3,(H,29,30);(H,6,7). The molecule has 0 spiro atoms. The van der Waals surface area contributed by atoms with Crippen molar-refractivity contribution in [3.8, 4) is 0 Å². The van der Waals surface area contributed by atoms with Crippen LogP contribution >= 0.6 is 0 Å². The lowest BCUT2D eigenvalue weighted by Gasteiger charge is -2.34. The zero-order valence-electron chi connectivity index (χ0n) is 23.1. The van der Waals surface area contributed by atoms with Gasteiger partial charge in [0.2, 0.25) is 0 Å². The van der Waals surface area contributed by atoms with Gasteiger partial charge in [0.05, 0.1) is 23.8 Å². The van der Waals surface area contributed by atoms with Gasteiger partial charge in [-0.05, 0) is 49.1 Å². The summed E-state index contributed by atoms with van der Waals surface area (Å²) in [6, 6.07) is 10.4. The molecule has 2 aromatic rings. The Morgan fingerprint density at radius 2 is 1.56 bits per heavy atom. The van der Waals surface area contributed by atoms with Crippen LogP contribution in [0.4, 0.5) is 18.9 Å². The first-order chi connectivity index (χ1) is 19.0. The van der Waals surface area contributed by atoms with Crippen molar-refractivity contribution >= 4 is 27.6 Å². The number of aliphatic carboxylic acids is 2. The Bertz CT molecular complexity index is 1290. The molecule has 0 bridgehead atoms. The van der Waals surface area contributed by atoms with Crippen molar-refractivity contribution in [2.45, 2.75) is 50.9 Å². The molecule has 2 unspecified atom stereocenters. The third-order valence-corrected chi connectivity index (χ3v) is 7.99. The van der Waals surface area contributed by atoms with Crippen molar-refractivity contribution in [3.05, 3.63) is 59.2 Å². The van der Waals surface area contributed by atoms with E-state index in [0.29, 0.717) is 44.1 Å². The number of rotatable bonds is 9. The molecule has 0 aliphatic carbocycles. The van der Waals surface area contributed by atoms with Crippen LogP contribution < -0.4 is 4.31 Å². The molecule has 0 aromatic heterocycles. The summed E-state index contributed by atoms with van der Waals surface area (Å²) < 4.78 is 65.7. The number of aliphatic hydroxyl groups is 1. The molecule has 2 atom stereocenters. The normalized spacial score (nSPS) is 15.9. The Labute approximate surface area is 237 Å². The molecule has 3 N–H and O–H groups in total. The van der Waals surface area contributed by atoms with E-state index in [0.717, 1.165) is 11.1 Å². The van der Waals surface area contributed by atoms with Crippen molar-refractivity contribution in [2.75, 3.05) is 37.2 Å². The second-order valence-electron chi connectivity index (χ2n) is 9.97. The maximum absolute atomic E-state index is 13.6. The van der Waals surface area contributed by atoms with Gasteiger partial charge in [-0.3, -0.25) is 14.0 Å². The van der Waals surface area contributed by atoms with E-state index >= 15 is 0 Å². The molecule has 1 aliphatic heterocycles. The number of sulfonamides is 1. The van der Waals surface area contributed by atoms with Crippen LogP contribution in [0, 0.1) is 19.8 Å². The van der Waals surface area contributed by atoms with Crippen molar-refractivity contribution < 1.29 is 51.2 Å². The molecule has 1 heterocycles. The summed E-state index contributed by atoms with van der Waals surface area (Å²) in [6.07, 6.45) is -6.39. The number of hydrogen-bond donors (Lipinski definition) is 3. The molecule has 1 saturated heterocycles. The molecular weight excluding hydrogens is 569 g/mol. The molecule has 228 valence electrons. The van der Waals surface area contributed by atoms with Gasteiger partial charge in [0.1, 0.15) is 12.1 Å². The third kappa shape index (κ3) is 9.15. The lowest BCUT2D eigenvalue weighted by Crippen LogP contribution is -2.50. The van der Waals surface area contributed by atoms with Crippen LogP contribution in [0.3, 0.4) is 0 Å². The first-order valence-electron chi connectivity index (χ1n) is 12.7. The summed E-state index contributed by atoms with van der Waals surface area (Å²) in [7, 11) is -3.88. The molecule has 0 saturated carbocycles. The van der Waals surface area contributed by atoms with Crippen molar-refractivity contribution in [2.24, 2.45) is 5.92 Å². The summed E-state index contributed by atoms with van der Waals surface area (Å²) in [4.78, 5) is 22.6. The van der Waals surface area contributed by atoms with Gasteiger partial charge in [-0.1, -0.05) is 43.7 Å². The maximum atomic E-state index is 13.6. The zero-order chi connectivity index (χ0) is 31.1. The number of morpholine rings is 1. The Morgan fingerprint density at radius 3 is 2.00 bits per heavy atom. The average Bonchev–Trinajstić information content (AvgIpc) is 2.88. The second kappa shape index (κ2) is 14.1. The first kappa shape index (κ1) is 34.0. The number of aryl methyl sites for hydroxylation is 2. The topological polar surface area (TPSA) is 145 Å². The van der Waals surface area contributed by atoms with E-state index in [-0.39, 0.29) is 10.8 Å². The summed E-state index contributed by atoms with van der Waals surface area (Å²) in [5.41, 5.74) is 2.89. The van der Waals surface area contributed by atoms with Crippen molar-refractivity contribution in [3.63, 3.8) is 0 Å². The van der Waals surface area contributed by atoms with E-state index in [1.807, 2.05) is 45.9 Å². The van der Waals surface area contributed by atoms with Crippen LogP contribution in [0.5, 0.6) is 0 Å². The number of hydrogen-bond acceptors (Lipinski definition) is 7. The minimum Gasteiger partial charge on any atom is -0.480 e. The molecule has 2 aromatic carbocycles. The highest BCUT2D eigenvalue weighted by Crippen LogP contribution is 2.30. The largest absolute Gasteiger partial charge is 0.490 e. The molecule has 14 heteroatoms. The fraction of sp³-hybridized carbons (Fsp3) is 0.481. The van der Waals surface area contributed by atoms with Crippen LogP contribution in [0.25, 0.3) is 0 Å². The number of carbonyl (C=O) groups is 2. The number of benzene rings is 2. The molecule has 41 heavy (non-hydrogen) atoms. The van der Waals surface area contributed by atoms with Gasteiger partial charge in [-0.2, -0.15) is 13.2 Å². The first-order valence-corrected chi connectivity index (χ1v) is 14.1. The smallest absolute Gasteiger partial charge is 0.480 e. The quantitative estimate of drug-likeness (QED) is 0.391. The van der Waals surface area contributed by atoms with Gasteiger partial charge < -0.3 is 20.1 Å². The molecule has 3 rings (SSSR count). The van der Waals surface area contributed by atoms with Crippen LogP contribution in [0.15, 0.2) is 47.4 Å². The number of aliphatic hydroxyl groups excluding tert-OH is 1. The lowest BCUT2D eigenvalue weighted by molar-refractivity contribution is -0.192. The molecule has 1 fully saturated rings. The van der Waals surface area contributed by atoms with Gasteiger partial charge in [-0.25, -0.2) is 13.2 Å². The average molecular weight is 605 g/mol. The number of nitrogens with zero attached hydrogens (tertiary/aromatic N) is 2. The second-order valence-corrected chi connectivity index (χ2v) is 11.8. The van der Waals surface area contributed by atoms with E-state index in [1.54, 1.807) is 4.90 Å². The van der Waals surface area contributed by atoms with E-state index in [9.17, 15) is 36.6 Å². The van der Waals surface area contributed by atoms with Gasteiger partial charge in [-0.15, -0.1) is 0 Å². The Balaban J connectivity index is 0.000000745. The molecule has 10 nitrogen and oxygen atoms in total. The predicted molar refractivity (Wildman–Crippen MR) is 144 cm³/mol. The van der Waals surface area contributed by atoms with Gasteiger partial charge in [0.15, 0.2) is 0 Å². The monoisotopic (exact) mass is 604 g/mol. The molecule has 0 amide bonds. The number of anilines is 1. The number of halogens is 3. The minimum absolute atomic E-state index is 0.0855. The van der Waals surface area contributed by atoms with Crippen LogP contribution in [0.1, 0.15) is 36.6 Å². The minimum atomic E-state index is -5.08. The van der Waals surface area contributed by atoms with Crippen molar-refractivity contribution in [1.29, 1.82) is 0 Å². The van der Waals surface area contributed by atoms with E-state index in [4.69, 9.17) is 14.6 Å². The number of ether oxygens (including phenoxy) is 1. The Hall–Kier alpha value is -3.20. The van der Waals surface area contributed by atoms with Gasteiger partial charge in [0, 0.05) is 19.6 Å². The summed E-state index contributed by atoms with van der Waals surface area (Å²) in [5, 5.41) is 27.7. The number of alkyl halides is 3. The van der Waals surface area contributed by atoms with Crippen molar-refractivity contribution in [1.82, 2.24) is 4.90 Å². The van der Waals surface area contributed by atoms with Crippen LogP contribution in [-0.4, -0.2) is 85.6 Å². The Morgan fingerprint density at radius 1 is 1.02 bits per heavy atom. The van der Waals surface area contributed by atoms with Gasteiger partial charge in [0.25, 0.3) is 10.0 Å². The van der Waals surface area contributed by atoms with Crippen LogP contribution in [-0.2, 0) is 24.3 Å². The number of carboxylic acids is 2. The maximum Gasteiger partial charge on any atom is 0.490 e. The summed E-state index contributed by atoms with van der Waals surface area (Å²) in [6.45, 7) is 9.70. The zero-order valence-corrected chi connectivity index (χ0v) is 23.9. The van der Waals surface area contributed by atoms with Crippen LogP contribution in [0.2, 0.25) is 0 Å². The highest BCUT2D eigenvalue weighted by molar-refractivity contribution is 7.92. The van der Waals surface area contributed by atoms with E-state index in [2.05, 4.69) is 0 Å². The summed E-state index contributed by atoms with van der Waals surface area (Å²) in [5.74, 6) is -3.79. The Kier molecular flexibility index (Phi) is 11.7. The highest BCUT2D eigenvalue weighted by Gasteiger charge is 2.38. The SMILES string of the molecule is Cc1ccc(N(CC(C)C)S(=O)(=O)c2ccc(C(O)C(C(=O)O)N3CCOCC3)cc2)c(C)c1.O=C(O)C(F)(F)F. The summed E-state index contributed by atoms with van der Waals surface area (Å²) >= 11 is 0. The highest BCUT2D eigenvalue weighted by atomic mass is 32.2. The molecular formula is C27H35F3N2O8S. The fourth-order valence-electron chi connectivity index (χ4n) is 4.24. The van der Waals surface area contributed by atoms with E-state index in [1.165, 1.54) is 28.6 Å². The molecule has 0 radical (unpaired) electrons.